The Kier molecular flexibility index (Phi) is 7.37. The van der Waals surface area contributed by atoms with Crippen LogP contribution in [0.2, 0.25) is 0 Å². The molecule has 1 unspecified atom stereocenters. The van der Waals surface area contributed by atoms with E-state index in [2.05, 4.69) is 67.9 Å². The molecule has 1 saturated heterocycles. The van der Waals surface area contributed by atoms with Gasteiger partial charge in [-0.2, -0.15) is 0 Å². The third-order valence-electron chi connectivity index (χ3n) is 6.39. The van der Waals surface area contributed by atoms with E-state index in [1.807, 2.05) is 7.05 Å². The van der Waals surface area contributed by atoms with Gasteiger partial charge in [-0.25, -0.2) is 0 Å². The molecule has 32 heavy (non-hydrogen) atoms. The highest BCUT2D eigenvalue weighted by molar-refractivity contribution is 5.80. The van der Waals surface area contributed by atoms with Crippen LogP contribution in [0.15, 0.2) is 47.5 Å². The second-order valence-electron chi connectivity index (χ2n) is 8.41. The van der Waals surface area contributed by atoms with Crippen molar-refractivity contribution in [2.75, 3.05) is 58.9 Å². The normalized spacial score (nSPS) is 18.9. The molecule has 2 heterocycles. The summed E-state index contributed by atoms with van der Waals surface area (Å²) in [4.78, 5) is 9.34. The van der Waals surface area contributed by atoms with E-state index in [1.54, 1.807) is 14.2 Å². The minimum atomic E-state index is 0.408. The zero-order valence-electron chi connectivity index (χ0n) is 19.4. The standard InChI is InChI=1S/C25H35N5O2/c1-26-25(28-21-10-13-30(18-21)22-7-5-4-6-8-22)27-11-14-29-12-9-19-15-23(31-2)24(32-3)16-20(19)17-29/h4-8,15-16,21H,9-14,17-18H2,1-3H3,(H2,26,27,28). The van der Waals surface area contributed by atoms with Crippen LogP contribution in [-0.4, -0.2) is 70.9 Å². The van der Waals surface area contributed by atoms with E-state index in [0.717, 1.165) is 69.6 Å². The fourth-order valence-corrected chi connectivity index (χ4v) is 4.60. The second kappa shape index (κ2) is 10.6. The molecule has 2 aromatic carbocycles. The summed E-state index contributed by atoms with van der Waals surface area (Å²) in [5.74, 6) is 2.50. The number of para-hydroxylation sites is 1. The minimum Gasteiger partial charge on any atom is -0.493 e. The van der Waals surface area contributed by atoms with Crippen molar-refractivity contribution in [3.63, 3.8) is 0 Å². The quantitative estimate of drug-likeness (QED) is 0.513. The van der Waals surface area contributed by atoms with Crippen molar-refractivity contribution < 1.29 is 9.47 Å². The Bertz CT molecular complexity index is 918. The number of guanidine groups is 1. The predicted octanol–water partition coefficient (Wildman–Crippen LogP) is 2.51. The number of hydrogen-bond acceptors (Lipinski definition) is 5. The monoisotopic (exact) mass is 437 g/mol. The Morgan fingerprint density at radius 2 is 1.81 bits per heavy atom. The molecule has 2 aliphatic heterocycles. The Morgan fingerprint density at radius 3 is 2.53 bits per heavy atom. The molecule has 0 aromatic heterocycles. The predicted molar refractivity (Wildman–Crippen MR) is 130 cm³/mol. The topological polar surface area (TPSA) is 61.4 Å². The van der Waals surface area contributed by atoms with Gasteiger partial charge < -0.3 is 25.0 Å². The van der Waals surface area contributed by atoms with E-state index in [9.17, 15) is 0 Å². The second-order valence-corrected chi connectivity index (χ2v) is 8.41. The zero-order chi connectivity index (χ0) is 22.3. The van der Waals surface area contributed by atoms with Crippen molar-refractivity contribution >= 4 is 11.6 Å². The maximum atomic E-state index is 5.48. The Labute approximate surface area is 191 Å². The molecule has 0 aliphatic carbocycles. The maximum Gasteiger partial charge on any atom is 0.191 e. The van der Waals surface area contributed by atoms with Crippen LogP contribution in [0, 0.1) is 0 Å². The maximum absolute atomic E-state index is 5.48. The molecule has 1 atom stereocenters. The van der Waals surface area contributed by atoms with E-state index >= 15 is 0 Å². The average molecular weight is 438 g/mol. The molecule has 2 aromatic rings. The largest absolute Gasteiger partial charge is 0.493 e. The summed E-state index contributed by atoms with van der Waals surface area (Å²) in [6, 6.07) is 15.3. The van der Waals surface area contributed by atoms with E-state index in [0.29, 0.717) is 6.04 Å². The number of hydrogen-bond donors (Lipinski definition) is 2. The lowest BCUT2D eigenvalue weighted by molar-refractivity contribution is 0.256. The van der Waals surface area contributed by atoms with Crippen molar-refractivity contribution in [3.05, 3.63) is 53.6 Å². The van der Waals surface area contributed by atoms with Gasteiger partial charge >= 0.3 is 0 Å². The van der Waals surface area contributed by atoms with Crippen LogP contribution in [0.3, 0.4) is 0 Å². The van der Waals surface area contributed by atoms with Crippen LogP contribution in [0.1, 0.15) is 17.5 Å². The molecule has 7 nitrogen and oxygen atoms in total. The molecule has 0 radical (unpaired) electrons. The molecule has 4 rings (SSSR count). The summed E-state index contributed by atoms with van der Waals surface area (Å²) in [5.41, 5.74) is 3.97. The molecule has 0 amide bonds. The van der Waals surface area contributed by atoms with Gasteiger partial charge in [0.25, 0.3) is 0 Å². The van der Waals surface area contributed by atoms with Crippen LogP contribution in [-0.2, 0) is 13.0 Å². The highest BCUT2D eigenvalue weighted by Crippen LogP contribution is 2.33. The number of benzene rings is 2. The number of rotatable bonds is 7. The lowest BCUT2D eigenvalue weighted by Gasteiger charge is -2.30. The van der Waals surface area contributed by atoms with Gasteiger partial charge in [-0.15, -0.1) is 0 Å². The summed E-state index contributed by atoms with van der Waals surface area (Å²) in [6.07, 6.45) is 2.14. The van der Waals surface area contributed by atoms with Crippen molar-refractivity contribution in [3.8, 4) is 11.5 Å². The van der Waals surface area contributed by atoms with Gasteiger partial charge in [-0.3, -0.25) is 9.89 Å². The SMILES string of the molecule is CN=C(NCCN1CCc2cc(OC)c(OC)cc2C1)NC1CCN(c2ccccc2)C1. The number of ether oxygens (including phenoxy) is 2. The molecule has 2 aliphatic rings. The smallest absolute Gasteiger partial charge is 0.191 e. The summed E-state index contributed by atoms with van der Waals surface area (Å²) in [6.45, 7) is 5.87. The van der Waals surface area contributed by atoms with Crippen molar-refractivity contribution in [2.24, 2.45) is 4.99 Å². The van der Waals surface area contributed by atoms with Crippen LogP contribution < -0.4 is 25.0 Å². The van der Waals surface area contributed by atoms with Gasteiger partial charge in [0.05, 0.1) is 14.2 Å². The van der Waals surface area contributed by atoms with Gasteiger partial charge in [0.1, 0.15) is 0 Å². The number of fused-ring (bicyclic) bond motifs is 1. The summed E-state index contributed by atoms with van der Waals surface area (Å²) >= 11 is 0. The number of nitrogens with one attached hydrogen (secondary N) is 2. The van der Waals surface area contributed by atoms with E-state index in [-0.39, 0.29) is 0 Å². The van der Waals surface area contributed by atoms with Crippen molar-refractivity contribution in [1.82, 2.24) is 15.5 Å². The number of methoxy groups -OCH3 is 2. The van der Waals surface area contributed by atoms with Crippen LogP contribution in [0.5, 0.6) is 11.5 Å². The fraction of sp³-hybridized carbons (Fsp3) is 0.480. The lowest BCUT2D eigenvalue weighted by Crippen LogP contribution is -2.47. The van der Waals surface area contributed by atoms with Gasteiger partial charge in [0.2, 0.25) is 0 Å². The lowest BCUT2D eigenvalue weighted by atomic mass is 9.99. The Hall–Kier alpha value is -2.93. The molecular weight excluding hydrogens is 402 g/mol. The number of anilines is 1. The highest BCUT2D eigenvalue weighted by Gasteiger charge is 2.23. The molecule has 7 heteroatoms. The zero-order valence-corrected chi connectivity index (χ0v) is 19.4. The molecule has 0 saturated carbocycles. The first-order valence-electron chi connectivity index (χ1n) is 11.4. The minimum absolute atomic E-state index is 0.408. The number of aliphatic imine (C=N–C) groups is 1. The number of nitrogens with zero attached hydrogens (tertiary/aromatic N) is 3. The molecule has 0 spiro atoms. The van der Waals surface area contributed by atoms with Crippen LogP contribution >= 0.6 is 0 Å². The molecular formula is C25H35N5O2. The summed E-state index contributed by atoms with van der Waals surface area (Å²) in [7, 11) is 5.23. The molecule has 2 N–H and O–H groups in total. The average Bonchev–Trinajstić information content (AvgIpc) is 3.31. The first-order chi connectivity index (χ1) is 15.7. The van der Waals surface area contributed by atoms with Crippen LogP contribution in [0.4, 0.5) is 5.69 Å². The van der Waals surface area contributed by atoms with E-state index in [1.165, 1.54) is 16.8 Å². The van der Waals surface area contributed by atoms with Crippen LogP contribution in [0.25, 0.3) is 0 Å². The molecule has 1 fully saturated rings. The Balaban J connectivity index is 1.24. The van der Waals surface area contributed by atoms with E-state index in [4.69, 9.17) is 9.47 Å². The summed E-state index contributed by atoms with van der Waals surface area (Å²) in [5, 5.41) is 7.09. The Morgan fingerprint density at radius 1 is 1.06 bits per heavy atom. The highest BCUT2D eigenvalue weighted by atomic mass is 16.5. The molecule has 0 bridgehead atoms. The fourth-order valence-electron chi connectivity index (χ4n) is 4.60. The van der Waals surface area contributed by atoms with Crippen molar-refractivity contribution in [2.45, 2.75) is 25.4 Å². The first kappa shape index (κ1) is 22.3. The van der Waals surface area contributed by atoms with E-state index < -0.39 is 0 Å². The van der Waals surface area contributed by atoms with Gasteiger partial charge in [-0.05, 0) is 48.2 Å². The molecule has 172 valence electrons. The summed E-state index contributed by atoms with van der Waals surface area (Å²) < 4.78 is 10.9. The van der Waals surface area contributed by atoms with Gasteiger partial charge in [-0.1, -0.05) is 18.2 Å². The van der Waals surface area contributed by atoms with Gasteiger partial charge in [0.15, 0.2) is 17.5 Å². The van der Waals surface area contributed by atoms with Crippen molar-refractivity contribution in [1.29, 1.82) is 0 Å². The van der Waals surface area contributed by atoms with Gasteiger partial charge in [0, 0.05) is 58.0 Å². The first-order valence-corrected chi connectivity index (χ1v) is 11.4. The third kappa shape index (κ3) is 5.27. The third-order valence-corrected chi connectivity index (χ3v) is 6.39.